The summed E-state index contributed by atoms with van der Waals surface area (Å²) in [6.07, 6.45) is 4.23. The van der Waals surface area contributed by atoms with E-state index in [9.17, 15) is 0 Å². The van der Waals surface area contributed by atoms with Crippen LogP contribution in [0.25, 0.3) is 0 Å². The highest BCUT2D eigenvalue weighted by Gasteiger charge is 2.34. The molecule has 2 atom stereocenters. The van der Waals surface area contributed by atoms with Crippen molar-refractivity contribution in [1.29, 1.82) is 0 Å². The highest BCUT2D eigenvalue weighted by molar-refractivity contribution is 9.10. The van der Waals surface area contributed by atoms with E-state index in [1.54, 1.807) is 7.11 Å². The summed E-state index contributed by atoms with van der Waals surface area (Å²) in [6, 6.07) is 18.9. The summed E-state index contributed by atoms with van der Waals surface area (Å²) in [5.41, 5.74) is 1.84. The molecule has 1 aliphatic heterocycles. The minimum atomic E-state index is -0.522. The number of rotatable bonds is 5. The van der Waals surface area contributed by atoms with E-state index in [0.29, 0.717) is 13.3 Å². The van der Waals surface area contributed by atoms with E-state index in [1.165, 1.54) is 5.56 Å². The maximum Gasteiger partial charge on any atom is 0.138 e. The SMILES string of the molecule is COCC1(c2ccccc2)C=CN([C@@H](C)c2ccc(Br)cc2)CO1. The lowest BCUT2D eigenvalue weighted by Gasteiger charge is -2.40. The van der Waals surface area contributed by atoms with Crippen LogP contribution in [0.5, 0.6) is 0 Å². The van der Waals surface area contributed by atoms with Gasteiger partial charge in [0.1, 0.15) is 12.3 Å². The molecule has 2 aromatic rings. The summed E-state index contributed by atoms with van der Waals surface area (Å²) in [4.78, 5) is 2.19. The summed E-state index contributed by atoms with van der Waals surface area (Å²) in [6.45, 7) is 3.20. The quantitative estimate of drug-likeness (QED) is 0.731. The number of methoxy groups -OCH3 is 1. The molecule has 126 valence electrons. The third kappa shape index (κ3) is 3.56. The third-order valence-corrected chi connectivity index (χ3v) is 5.01. The Morgan fingerprint density at radius 1 is 1.17 bits per heavy atom. The first kappa shape index (κ1) is 17.2. The largest absolute Gasteiger partial charge is 0.381 e. The van der Waals surface area contributed by atoms with Crippen molar-refractivity contribution in [3.8, 4) is 0 Å². The van der Waals surface area contributed by atoms with Crippen LogP contribution in [-0.2, 0) is 15.1 Å². The van der Waals surface area contributed by atoms with Gasteiger partial charge in [0.05, 0.1) is 12.6 Å². The van der Waals surface area contributed by atoms with Gasteiger partial charge in [0.15, 0.2) is 0 Å². The van der Waals surface area contributed by atoms with E-state index >= 15 is 0 Å². The van der Waals surface area contributed by atoms with Gasteiger partial charge in [0.2, 0.25) is 0 Å². The predicted molar refractivity (Wildman–Crippen MR) is 99.5 cm³/mol. The summed E-state index contributed by atoms with van der Waals surface area (Å²) in [5, 5.41) is 0. The van der Waals surface area contributed by atoms with Crippen LogP contribution in [0.1, 0.15) is 24.1 Å². The fraction of sp³-hybridized carbons (Fsp3) is 0.300. The molecule has 3 rings (SSSR count). The Morgan fingerprint density at radius 2 is 1.88 bits per heavy atom. The molecule has 0 bridgehead atoms. The van der Waals surface area contributed by atoms with Crippen LogP contribution < -0.4 is 0 Å². The van der Waals surface area contributed by atoms with Crippen molar-refractivity contribution in [2.24, 2.45) is 0 Å². The number of ether oxygens (including phenoxy) is 2. The highest BCUT2D eigenvalue weighted by Crippen LogP contribution is 2.34. The summed E-state index contributed by atoms with van der Waals surface area (Å²) in [5.74, 6) is 0. The van der Waals surface area contributed by atoms with Gasteiger partial charge in [-0.3, -0.25) is 0 Å². The molecule has 3 nitrogen and oxygen atoms in total. The lowest BCUT2D eigenvalue weighted by Crippen LogP contribution is -2.41. The normalized spacial score (nSPS) is 21.7. The smallest absolute Gasteiger partial charge is 0.138 e. The van der Waals surface area contributed by atoms with Crippen molar-refractivity contribution in [2.45, 2.75) is 18.6 Å². The number of benzene rings is 2. The zero-order valence-electron chi connectivity index (χ0n) is 14.0. The first-order chi connectivity index (χ1) is 11.6. The van der Waals surface area contributed by atoms with Gasteiger partial charge in [-0.15, -0.1) is 0 Å². The molecule has 1 aliphatic rings. The van der Waals surface area contributed by atoms with Gasteiger partial charge in [-0.1, -0.05) is 58.4 Å². The Bertz CT molecular complexity index is 687. The molecule has 0 fully saturated rings. The molecule has 0 aliphatic carbocycles. The first-order valence-corrected chi connectivity index (χ1v) is 8.83. The fourth-order valence-corrected chi connectivity index (χ4v) is 3.22. The van der Waals surface area contributed by atoms with Gasteiger partial charge in [-0.05, 0) is 36.3 Å². The van der Waals surface area contributed by atoms with E-state index in [1.807, 2.05) is 18.2 Å². The summed E-state index contributed by atoms with van der Waals surface area (Å²) >= 11 is 3.48. The van der Waals surface area contributed by atoms with E-state index in [0.717, 1.165) is 10.0 Å². The molecule has 0 radical (unpaired) electrons. The molecule has 0 aromatic heterocycles. The van der Waals surface area contributed by atoms with Crippen molar-refractivity contribution in [1.82, 2.24) is 4.90 Å². The number of hydrogen-bond donors (Lipinski definition) is 0. The molecule has 0 saturated carbocycles. The number of halogens is 1. The molecule has 1 heterocycles. The van der Waals surface area contributed by atoms with Crippen LogP contribution in [0, 0.1) is 0 Å². The van der Waals surface area contributed by atoms with Crippen LogP contribution in [0.4, 0.5) is 0 Å². The topological polar surface area (TPSA) is 21.7 Å². The van der Waals surface area contributed by atoms with Gasteiger partial charge in [-0.25, -0.2) is 0 Å². The number of hydrogen-bond acceptors (Lipinski definition) is 3. The second kappa shape index (κ2) is 7.51. The third-order valence-electron chi connectivity index (χ3n) is 4.48. The molecular formula is C20H22BrNO2. The zero-order chi connectivity index (χ0) is 17.0. The minimum Gasteiger partial charge on any atom is -0.381 e. The van der Waals surface area contributed by atoms with E-state index in [-0.39, 0.29) is 6.04 Å². The monoisotopic (exact) mass is 387 g/mol. The van der Waals surface area contributed by atoms with E-state index in [4.69, 9.17) is 9.47 Å². The Labute approximate surface area is 152 Å². The fourth-order valence-electron chi connectivity index (χ4n) is 2.96. The standard InChI is InChI=1S/C20H22BrNO2/c1-16(17-8-10-19(21)11-9-17)22-13-12-20(14-23-2,24-15-22)18-6-4-3-5-7-18/h3-13,16H,14-15H2,1-2H3/t16-,20?/m0/s1. The van der Waals surface area contributed by atoms with Gasteiger partial charge in [0.25, 0.3) is 0 Å². The molecule has 0 spiro atoms. The van der Waals surface area contributed by atoms with Gasteiger partial charge in [0, 0.05) is 17.8 Å². The molecule has 24 heavy (non-hydrogen) atoms. The Kier molecular flexibility index (Phi) is 5.39. The minimum absolute atomic E-state index is 0.241. The van der Waals surface area contributed by atoms with Gasteiger partial charge < -0.3 is 14.4 Å². The van der Waals surface area contributed by atoms with Gasteiger partial charge in [-0.2, -0.15) is 0 Å². The second-order valence-electron chi connectivity index (χ2n) is 6.02. The number of nitrogens with zero attached hydrogens (tertiary/aromatic N) is 1. The molecule has 2 aromatic carbocycles. The maximum atomic E-state index is 6.28. The van der Waals surface area contributed by atoms with Crippen molar-refractivity contribution in [2.75, 3.05) is 20.4 Å². The Balaban J connectivity index is 1.82. The maximum absolute atomic E-state index is 6.28. The summed E-state index contributed by atoms with van der Waals surface area (Å²) < 4.78 is 12.8. The molecule has 1 unspecified atom stereocenters. The summed E-state index contributed by atoms with van der Waals surface area (Å²) in [7, 11) is 1.71. The van der Waals surface area contributed by atoms with Crippen molar-refractivity contribution >= 4 is 15.9 Å². The van der Waals surface area contributed by atoms with Crippen LogP contribution in [0.2, 0.25) is 0 Å². The Morgan fingerprint density at radius 3 is 2.46 bits per heavy atom. The lowest BCUT2D eigenvalue weighted by molar-refractivity contribution is -0.112. The van der Waals surface area contributed by atoms with Crippen LogP contribution >= 0.6 is 15.9 Å². The second-order valence-corrected chi connectivity index (χ2v) is 6.94. The van der Waals surface area contributed by atoms with Crippen LogP contribution in [0.3, 0.4) is 0 Å². The predicted octanol–water partition coefficient (Wildman–Crippen LogP) is 4.86. The van der Waals surface area contributed by atoms with Crippen molar-refractivity contribution in [3.05, 3.63) is 82.5 Å². The van der Waals surface area contributed by atoms with Crippen molar-refractivity contribution in [3.63, 3.8) is 0 Å². The van der Waals surface area contributed by atoms with E-state index < -0.39 is 5.60 Å². The molecule has 0 saturated heterocycles. The lowest BCUT2D eigenvalue weighted by atomic mass is 9.93. The van der Waals surface area contributed by atoms with Gasteiger partial charge >= 0.3 is 0 Å². The average molecular weight is 388 g/mol. The average Bonchev–Trinajstić information content (AvgIpc) is 2.63. The van der Waals surface area contributed by atoms with Crippen LogP contribution in [-0.4, -0.2) is 25.3 Å². The Hall–Kier alpha value is -1.62. The first-order valence-electron chi connectivity index (χ1n) is 8.03. The van der Waals surface area contributed by atoms with Crippen LogP contribution in [0.15, 0.2) is 71.3 Å². The molecule has 0 N–H and O–H groups in total. The van der Waals surface area contributed by atoms with E-state index in [2.05, 4.69) is 76.4 Å². The molecular weight excluding hydrogens is 366 g/mol. The highest BCUT2D eigenvalue weighted by atomic mass is 79.9. The van der Waals surface area contributed by atoms with Crippen molar-refractivity contribution < 1.29 is 9.47 Å². The zero-order valence-corrected chi connectivity index (χ0v) is 15.6. The molecule has 0 amide bonds. The molecule has 4 heteroatoms.